The van der Waals surface area contributed by atoms with Crippen LogP contribution in [0.4, 0.5) is 0 Å². The van der Waals surface area contributed by atoms with Gasteiger partial charge in [0, 0.05) is 24.4 Å². The molecule has 0 aliphatic heterocycles. The molecule has 0 saturated heterocycles. The Morgan fingerprint density at radius 1 is 1.12 bits per heavy atom. The van der Waals surface area contributed by atoms with Gasteiger partial charge in [-0.25, -0.2) is 9.78 Å². The molecule has 0 saturated carbocycles. The molecule has 0 radical (unpaired) electrons. The smallest absolute Gasteiger partial charge is 0.347 e. The largest absolute Gasteiger partial charge is 0.493 e. The summed E-state index contributed by atoms with van der Waals surface area (Å²) in [7, 11) is 0. The Kier molecular flexibility index (Phi) is 5.48. The molecular weight excluding hydrogens is 312 g/mol. The molecule has 4 nitrogen and oxygen atoms in total. The van der Waals surface area contributed by atoms with E-state index < -0.39 is 0 Å². The fourth-order valence-corrected chi connectivity index (χ4v) is 2.80. The average Bonchev–Trinajstić information content (AvgIpc) is 2.64. The molecule has 3 rings (SSSR count). The summed E-state index contributed by atoms with van der Waals surface area (Å²) in [4.78, 5) is 15.8. The first-order valence-electron chi connectivity index (χ1n) is 8.38. The summed E-state index contributed by atoms with van der Waals surface area (Å²) < 4.78 is 7.59. The first kappa shape index (κ1) is 16.8. The van der Waals surface area contributed by atoms with Gasteiger partial charge >= 0.3 is 5.69 Å². The minimum atomic E-state index is -0.268. The SMILES string of the molecule is C#CCCCCOc1ccc2ccccc2c1Cn1cccnc1=O. The molecule has 25 heavy (non-hydrogen) atoms. The zero-order valence-corrected chi connectivity index (χ0v) is 14.0. The number of hydrogen-bond acceptors (Lipinski definition) is 3. The van der Waals surface area contributed by atoms with E-state index in [0.29, 0.717) is 13.2 Å². The number of unbranched alkanes of at least 4 members (excludes halogenated alkanes) is 2. The van der Waals surface area contributed by atoms with Gasteiger partial charge in [-0.3, -0.25) is 4.57 Å². The fourth-order valence-electron chi connectivity index (χ4n) is 2.80. The molecule has 0 spiro atoms. The van der Waals surface area contributed by atoms with E-state index in [1.165, 1.54) is 6.20 Å². The van der Waals surface area contributed by atoms with Gasteiger partial charge in [0.15, 0.2) is 0 Å². The van der Waals surface area contributed by atoms with E-state index in [9.17, 15) is 4.79 Å². The van der Waals surface area contributed by atoms with E-state index >= 15 is 0 Å². The van der Waals surface area contributed by atoms with Crippen LogP contribution < -0.4 is 10.4 Å². The van der Waals surface area contributed by atoms with E-state index in [1.54, 1.807) is 16.8 Å². The first-order chi connectivity index (χ1) is 12.3. The van der Waals surface area contributed by atoms with Crippen molar-refractivity contribution in [3.05, 3.63) is 70.9 Å². The Morgan fingerprint density at radius 2 is 2.00 bits per heavy atom. The van der Waals surface area contributed by atoms with Crippen molar-refractivity contribution in [1.82, 2.24) is 9.55 Å². The summed E-state index contributed by atoms with van der Waals surface area (Å²) in [6, 6.07) is 13.9. The third-order valence-electron chi connectivity index (χ3n) is 4.08. The van der Waals surface area contributed by atoms with E-state index in [4.69, 9.17) is 11.2 Å². The lowest BCUT2D eigenvalue weighted by Gasteiger charge is -2.15. The van der Waals surface area contributed by atoms with Crippen LogP contribution in [0, 0.1) is 12.3 Å². The normalized spacial score (nSPS) is 10.5. The summed E-state index contributed by atoms with van der Waals surface area (Å²) >= 11 is 0. The summed E-state index contributed by atoms with van der Waals surface area (Å²) in [6.07, 6.45) is 11.1. The Hall–Kier alpha value is -3.06. The van der Waals surface area contributed by atoms with Crippen molar-refractivity contribution in [3.63, 3.8) is 0 Å². The molecule has 0 bridgehead atoms. The molecule has 4 heteroatoms. The topological polar surface area (TPSA) is 44.1 Å². The average molecular weight is 332 g/mol. The molecule has 3 aromatic rings. The van der Waals surface area contributed by atoms with Gasteiger partial charge in [-0.2, -0.15) is 0 Å². The molecule has 0 aliphatic rings. The van der Waals surface area contributed by atoms with Crippen LogP contribution in [-0.4, -0.2) is 16.2 Å². The van der Waals surface area contributed by atoms with Crippen LogP contribution in [0.3, 0.4) is 0 Å². The van der Waals surface area contributed by atoms with Crippen molar-refractivity contribution < 1.29 is 4.74 Å². The van der Waals surface area contributed by atoms with Gasteiger partial charge in [-0.05, 0) is 35.7 Å². The second-order valence-electron chi connectivity index (χ2n) is 5.80. The number of hydrogen-bond donors (Lipinski definition) is 0. The Labute approximate surface area is 147 Å². The molecule has 1 heterocycles. The highest BCUT2D eigenvalue weighted by Gasteiger charge is 2.10. The molecule has 1 aromatic heterocycles. The summed E-state index contributed by atoms with van der Waals surface area (Å²) in [5.74, 6) is 3.44. The number of ether oxygens (including phenoxy) is 1. The van der Waals surface area contributed by atoms with Crippen LogP contribution in [0.15, 0.2) is 59.7 Å². The maximum Gasteiger partial charge on any atom is 0.347 e. The van der Waals surface area contributed by atoms with Crippen LogP contribution in [-0.2, 0) is 6.54 Å². The van der Waals surface area contributed by atoms with Crippen LogP contribution in [0.1, 0.15) is 24.8 Å². The van der Waals surface area contributed by atoms with Gasteiger partial charge in [0.05, 0.1) is 13.2 Å². The maximum absolute atomic E-state index is 12.0. The van der Waals surface area contributed by atoms with Gasteiger partial charge in [-0.15, -0.1) is 12.3 Å². The van der Waals surface area contributed by atoms with Crippen molar-refractivity contribution in [1.29, 1.82) is 0 Å². The summed E-state index contributed by atoms with van der Waals surface area (Å²) in [5.41, 5.74) is 0.723. The molecule has 2 aromatic carbocycles. The number of rotatable bonds is 7. The van der Waals surface area contributed by atoms with Crippen LogP contribution in [0.25, 0.3) is 10.8 Å². The fraction of sp³-hybridized carbons (Fsp3) is 0.238. The van der Waals surface area contributed by atoms with E-state index in [-0.39, 0.29) is 5.69 Å². The van der Waals surface area contributed by atoms with Gasteiger partial charge in [0.2, 0.25) is 0 Å². The van der Waals surface area contributed by atoms with Crippen molar-refractivity contribution in [2.24, 2.45) is 0 Å². The molecule has 0 fully saturated rings. The number of terminal acetylenes is 1. The van der Waals surface area contributed by atoms with Crippen molar-refractivity contribution in [2.45, 2.75) is 25.8 Å². The van der Waals surface area contributed by atoms with Crippen LogP contribution >= 0.6 is 0 Å². The molecule has 0 atom stereocenters. The highest BCUT2D eigenvalue weighted by Crippen LogP contribution is 2.29. The molecule has 0 N–H and O–H groups in total. The number of benzene rings is 2. The van der Waals surface area contributed by atoms with Crippen LogP contribution in [0.5, 0.6) is 5.75 Å². The second-order valence-corrected chi connectivity index (χ2v) is 5.80. The van der Waals surface area contributed by atoms with E-state index in [1.807, 2.05) is 24.3 Å². The lowest BCUT2D eigenvalue weighted by atomic mass is 10.0. The molecule has 0 amide bonds. The van der Waals surface area contributed by atoms with E-state index in [0.717, 1.165) is 41.3 Å². The molecule has 0 aliphatic carbocycles. The van der Waals surface area contributed by atoms with E-state index in [2.05, 4.69) is 23.0 Å². The highest BCUT2D eigenvalue weighted by molar-refractivity contribution is 5.87. The van der Waals surface area contributed by atoms with Gasteiger partial charge in [0.1, 0.15) is 5.75 Å². The monoisotopic (exact) mass is 332 g/mol. The quantitative estimate of drug-likeness (QED) is 0.490. The number of fused-ring (bicyclic) bond motifs is 1. The number of nitrogens with zero attached hydrogens (tertiary/aromatic N) is 2. The van der Waals surface area contributed by atoms with Crippen molar-refractivity contribution in [3.8, 4) is 18.1 Å². The molecular formula is C21H20N2O2. The second kappa shape index (κ2) is 8.16. The van der Waals surface area contributed by atoms with Gasteiger partial charge in [0.25, 0.3) is 0 Å². The van der Waals surface area contributed by atoms with Gasteiger partial charge in [-0.1, -0.05) is 30.3 Å². The Morgan fingerprint density at radius 3 is 2.84 bits per heavy atom. The minimum absolute atomic E-state index is 0.268. The predicted octanol–water partition coefficient (Wildman–Crippen LogP) is 3.63. The first-order valence-corrected chi connectivity index (χ1v) is 8.38. The lowest BCUT2D eigenvalue weighted by Crippen LogP contribution is -2.22. The van der Waals surface area contributed by atoms with Crippen LogP contribution in [0.2, 0.25) is 0 Å². The highest BCUT2D eigenvalue weighted by atomic mass is 16.5. The predicted molar refractivity (Wildman–Crippen MR) is 99.7 cm³/mol. The molecule has 0 unspecified atom stereocenters. The van der Waals surface area contributed by atoms with Crippen molar-refractivity contribution >= 4 is 10.8 Å². The standard InChI is InChI=1S/C21H20N2O2/c1-2-3-4-7-15-25-20-12-11-17-9-5-6-10-18(17)19(20)16-23-14-8-13-22-21(23)24/h1,5-6,8-14H,3-4,7,15-16H2. The Balaban J connectivity index is 1.92. The number of aromatic nitrogens is 2. The van der Waals surface area contributed by atoms with Crippen molar-refractivity contribution in [2.75, 3.05) is 6.61 Å². The zero-order valence-electron chi connectivity index (χ0n) is 14.0. The third-order valence-corrected chi connectivity index (χ3v) is 4.08. The maximum atomic E-state index is 12.0. The lowest BCUT2D eigenvalue weighted by molar-refractivity contribution is 0.304. The summed E-state index contributed by atoms with van der Waals surface area (Å²) in [6.45, 7) is 1.03. The van der Waals surface area contributed by atoms with Gasteiger partial charge < -0.3 is 4.74 Å². The summed E-state index contributed by atoms with van der Waals surface area (Å²) in [5, 5.41) is 2.20. The molecule has 126 valence electrons. The third kappa shape index (κ3) is 4.07. The Bertz CT molecular complexity index is 954. The minimum Gasteiger partial charge on any atom is -0.493 e. The zero-order chi connectivity index (χ0) is 17.5.